The van der Waals surface area contributed by atoms with E-state index in [1.807, 2.05) is 60.7 Å². The zero-order valence-corrected chi connectivity index (χ0v) is 14.8. The number of hydrogen-bond acceptors (Lipinski definition) is 4. The van der Waals surface area contributed by atoms with Crippen LogP contribution < -0.4 is 0 Å². The summed E-state index contributed by atoms with van der Waals surface area (Å²) in [5.74, 6) is -1.17. The molecule has 130 valence electrons. The highest BCUT2D eigenvalue weighted by Gasteiger charge is 2.30. The van der Waals surface area contributed by atoms with Gasteiger partial charge in [0.05, 0.1) is 12.3 Å². The number of ketones is 1. The summed E-state index contributed by atoms with van der Waals surface area (Å²) in [5, 5.41) is 0. The molecule has 0 amide bonds. The predicted octanol–water partition coefficient (Wildman–Crippen LogP) is 3.68. The van der Waals surface area contributed by atoms with Crippen molar-refractivity contribution in [1.82, 2.24) is 0 Å². The van der Waals surface area contributed by atoms with Crippen LogP contribution in [0.5, 0.6) is 0 Å². The van der Waals surface area contributed by atoms with Crippen LogP contribution in [0.25, 0.3) is 0 Å². The van der Waals surface area contributed by atoms with Crippen LogP contribution in [0.3, 0.4) is 0 Å². The Morgan fingerprint density at radius 3 is 1.80 bits per heavy atom. The molecule has 4 nitrogen and oxygen atoms in total. The van der Waals surface area contributed by atoms with Crippen molar-refractivity contribution in [3.8, 4) is 0 Å². The van der Waals surface area contributed by atoms with E-state index in [2.05, 4.69) is 4.99 Å². The summed E-state index contributed by atoms with van der Waals surface area (Å²) < 4.78 is 5.08. The molecule has 0 spiro atoms. The van der Waals surface area contributed by atoms with E-state index in [1.54, 1.807) is 20.8 Å². The summed E-state index contributed by atoms with van der Waals surface area (Å²) in [7, 11) is 0. The van der Waals surface area contributed by atoms with Gasteiger partial charge < -0.3 is 4.74 Å². The fourth-order valence-corrected chi connectivity index (χ4v) is 2.41. The minimum Gasteiger partial charge on any atom is -0.464 e. The average Bonchev–Trinajstić information content (AvgIpc) is 2.63. The van der Waals surface area contributed by atoms with E-state index in [0.717, 1.165) is 11.1 Å². The highest BCUT2D eigenvalue weighted by molar-refractivity contribution is 6.16. The van der Waals surface area contributed by atoms with Gasteiger partial charge in [0.15, 0.2) is 5.78 Å². The standard InChI is InChI=1S/C21H23NO3/c1-4-25-21(24)19(20(23)15(2)3)22-18(16-11-7-5-8-12-16)17-13-9-6-10-14-17/h5-15,19H,4H2,1-3H3. The molecule has 4 heteroatoms. The smallest absolute Gasteiger partial charge is 0.338 e. The molecule has 0 aromatic heterocycles. The van der Waals surface area contributed by atoms with E-state index in [-0.39, 0.29) is 18.3 Å². The Hall–Kier alpha value is -2.75. The summed E-state index contributed by atoms with van der Waals surface area (Å²) in [6.07, 6.45) is 0. The van der Waals surface area contributed by atoms with Crippen molar-refractivity contribution in [1.29, 1.82) is 0 Å². The van der Waals surface area contributed by atoms with Crippen LogP contribution in [0, 0.1) is 5.92 Å². The first-order valence-electron chi connectivity index (χ1n) is 8.43. The van der Waals surface area contributed by atoms with Crippen LogP contribution in [0.1, 0.15) is 31.9 Å². The first-order valence-corrected chi connectivity index (χ1v) is 8.43. The normalized spacial score (nSPS) is 11.7. The molecule has 0 aliphatic rings. The van der Waals surface area contributed by atoms with Crippen LogP contribution in [0.2, 0.25) is 0 Å². The Morgan fingerprint density at radius 2 is 1.40 bits per heavy atom. The predicted molar refractivity (Wildman–Crippen MR) is 98.8 cm³/mol. The van der Waals surface area contributed by atoms with Gasteiger partial charge in [-0.15, -0.1) is 0 Å². The summed E-state index contributed by atoms with van der Waals surface area (Å²) >= 11 is 0. The summed E-state index contributed by atoms with van der Waals surface area (Å²) in [6, 6.07) is 17.9. The lowest BCUT2D eigenvalue weighted by Gasteiger charge is -2.16. The Morgan fingerprint density at radius 1 is 0.920 bits per heavy atom. The number of carbonyl (C=O) groups is 2. The van der Waals surface area contributed by atoms with E-state index >= 15 is 0 Å². The van der Waals surface area contributed by atoms with E-state index in [1.165, 1.54) is 0 Å². The van der Waals surface area contributed by atoms with Crippen LogP contribution >= 0.6 is 0 Å². The van der Waals surface area contributed by atoms with Crippen LogP contribution in [0.4, 0.5) is 0 Å². The zero-order valence-electron chi connectivity index (χ0n) is 14.8. The Labute approximate surface area is 148 Å². The van der Waals surface area contributed by atoms with E-state index < -0.39 is 12.0 Å². The molecule has 2 rings (SSSR count). The van der Waals surface area contributed by atoms with Crippen molar-refractivity contribution in [2.24, 2.45) is 10.9 Å². The van der Waals surface area contributed by atoms with Gasteiger partial charge in [-0.3, -0.25) is 9.79 Å². The molecule has 0 saturated carbocycles. The number of carbonyl (C=O) groups excluding carboxylic acids is 2. The van der Waals surface area contributed by atoms with Crippen molar-refractivity contribution >= 4 is 17.5 Å². The molecular weight excluding hydrogens is 314 g/mol. The largest absolute Gasteiger partial charge is 0.464 e. The zero-order chi connectivity index (χ0) is 18.2. The van der Waals surface area contributed by atoms with E-state index in [9.17, 15) is 9.59 Å². The number of rotatable bonds is 7. The van der Waals surface area contributed by atoms with E-state index in [4.69, 9.17) is 4.74 Å². The summed E-state index contributed by atoms with van der Waals surface area (Å²) in [6.45, 7) is 5.44. The fraction of sp³-hybridized carbons (Fsp3) is 0.286. The number of hydrogen-bond donors (Lipinski definition) is 0. The molecule has 2 aromatic rings. The maximum Gasteiger partial charge on any atom is 0.338 e. The van der Waals surface area contributed by atoms with Gasteiger partial charge in [-0.1, -0.05) is 74.5 Å². The summed E-state index contributed by atoms with van der Waals surface area (Å²) in [4.78, 5) is 29.4. The third-order valence-electron chi connectivity index (χ3n) is 3.70. The van der Waals surface area contributed by atoms with Crippen LogP contribution in [0.15, 0.2) is 65.7 Å². The first kappa shape index (κ1) is 18.6. The van der Waals surface area contributed by atoms with Crippen molar-refractivity contribution in [3.63, 3.8) is 0 Å². The van der Waals surface area contributed by atoms with Gasteiger partial charge in [-0.2, -0.15) is 0 Å². The van der Waals surface area contributed by atoms with Gasteiger partial charge in [0.1, 0.15) is 0 Å². The monoisotopic (exact) mass is 337 g/mol. The second kappa shape index (κ2) is 8.92. The molecule has 1 atom stereocenters. The van der Waals surface area contributed by atoms with Crippen molar-refractivity contribution in [3.05, 3.63) is 71.8 Å². The van der Waals surface area contributed by atoms with Gasteiger partial charge in [0.25, 0.3) is 0 Å². The molecule has 0 N–H and O–H groups in total. The molecule has 0 saturated heterocycles. The molecular formula is C21H23NO3. The third-order valence-corrected chi connectivity index (χ3v) is 3.70. The van der Waals surface area contributed by atoms with Gasteiger partial charge in [0, 0.05) is 17.0 Å². The lowest BCUT2D eigenvalue weighted by atomic mass is 9.99. The van der Waals surface area contributed by atoms with Crippen molar-refractivity contribution in [2.45, 2.75) is 26.8 Å². The number of ether oxygens (including phenoxy) is 1. The molecule has 0 radical (unpaired) electrons. The minimum atomic E-state index is -1.16. The average molecular weight is 337 g/mol. The summed E-state index contributed by atoms with van der Waals surface area (Å²) in [5.41, 5.74) is 2.30. The Bertz CT molecular complexity index is 695. The van der Waals surface area contributed by atoms with Crippen LogP contribution in [-0.4, -0.2) is 30.1 Å². The maximum atomic E-state index is 12.5. The second-order valence-corrected chi connectivity index (χ2v) is 5.92. The SMILES string of the molecule is CCOC(=O)C(N=C(c1ccccc1)c1ccccc1)C(=O)C(C)C. The first-order chi connectivity index (χ1) is 12.0. The number of esters is 1. The molecule has 1 unspecified atom stereocenters. The third kappa shape index (κ3) is 4.86. The maximum absolute atomic E-state index is 12.5. The fourth-order valence-electron chi connectivity index (χ4n) is 2.41. The molecule has 2 aromatic carbocycles. The van der Waals surface area contributed by atoms with Gasteiger partial charge in [0.2, 0.25) is 6.04 Å². The van der Waals surface area contributed by atoms with Gasteiger partial charge >= 0.3 is 5.97 Å². The molecule has 0 heterocycles. The molecule has 0 aliphatic heterocycles. The molecule has 0 aliphatic carbocycles. The molecule has 25 heavy (non-hydrogen) atoms. The quantitative estimate of drug-likeness (QED) is 0.440. The highest BCUT2D eigenvalue weighted by Crippen LogP contribution is 2.15. The molecule has 0 bridgehead atoms. The Kier molecular flexibility index (Phi) is 6.63. The number of benzene rings is 2. The lowest BCUT2D eigenvalue weighted by molar-refractivity contribution is -0.148. The van der Waals surface area contributed by atoms with Gasteiger partial charge in [-0.25, -0.2) is 4.79 Å². The molecule has 0 fully saturated rings. The highest BCUT2D eigenvalue weighted by atomic mass is 16.5. The second-order valence-electron chi connectivity index (χ2n) is 5.92. The number of Topliss-reactive ketones (excluding diaryl/α,β-unsaturated/α-hetero) is 1. The lowest BCUT2D eigenvalue weighted by Crippen LogP contribution is -2.34. The van der Waals surface area contributed by atoms with Gasteiger partial charge in [-0.05, 0) is 6.92 Å². The topological polar surface area (TPSA) is 55.7 Å². The van der Waals surface area contributed by atoms with Crippen molar-refractivity contribution < 1.29 is 14.3 Å². The van der Waals surface area contributed by atoms with E-state index in [0.29, 0.717) is 5.71 Å². The van der Waals surface area contributed by atoms with Crippen LogP contribution in [-0.2, 0) is 14.3 Å². The van der Waals surface area contributed by atoms with Crippen molar-refractivity contribution in [2.75, 3.05) is 6.61 Å². The number of nitrogens with zero attached hydrogens (tertiary/aromatic N) is 1. The Balaban J connectivity index is 2.56. The minimum absolute atomic E-state index is 0.211. The number of aliphatic imine (C=N–C) groups is 1.